The molecule has 0 saturated carbocycles. The number of hydrogen-bond acceptors (Lipinski definition) is 5. The Bertz CT molecular complexity index is 313. The van der Waals surface area contributed by atoms with Crippen LogP contribution in [0.1, 0.15) is 0 Å². The highest BCUT2D eigenvalue weighted by molar-refractivity contribution is 8.16. The van der Waals surface area contributed by atoms with Crippen molar-refractivity contribution < 1.29 is 27.4 Å². The lowest BCUT2D eigenvalue weighted by atomic mass is 10.7. The number of carbonyl (C=O) groups is 1. The lowest BCUT2D eigenvalue weighted by molar-refractivity contribution is -0.131. The van der Waals surface area contributed by atoms with Gasteiger partial charge in [-0.05, 0) is 5.41 Å². The molecule has 0 aliphatic carbocycles. The minimum Gasteiger partial charge on any atom is -0.478 e. The predicted molar refractivity (Wildman–Crippen MR) is 50.5 cm³/mol. The molecule has 0 aliphatic heterocycles. The number of carboxylic acid groups (broad SMARTS) is 1. The highest BCUT2D eigenvalue weighted by atomic mass is 32.3. The molecule has 0 fully saturated rings. The Labute approximate surface area is 83.9 Å². The van der Waals surface area contributed by atoms with Crippen LogP contribution in [-0.2, 0) is 15.2 Å². The minimum absolute atomic E-state index is 0.118. The van der Waals surface area contributed by atoms with Crippen LogP contribution in [0.4, 0.5) is 0 Å². The second kappa shape index (κ2) is 7.32. The molecule has 0 aliphatic rings. The van der Waals surface area contributed by atoms with Gasteiger partial charge in [-0.2, -0.15) is 8.42 Å². The zero-order valence-corrected chi connectivity index (χ0v) is 8.25. The van der Waals surface area contributed by atoms with Gasteiger partial charge in [0, 0.05) is 6.08 Å². The molecule has 0 aromatic carbocycles. The maximum Gasteiger partial charge on any atom is 0.394 e. The predicted octanol–water partition coefficient (Wildman–Crippen LogP) is -0.441. The summed E-state index contributed by atoms with van der Waals surface area (Å²) in [5, 5.41) is 15.8. The number of carboxylic acids is 1. The van der Waals surface area contributed by atoms with Crippen LogP contribution in [0.5, 0.6) is 0 Å². The number of rotatable bonds is 2. The van der Waals surface area contributed by atoms with Crippen molar-refractivity contribution in [1.29, 1.82) is 5.41 Å². The van der Waals surface area contributed by atoms with Crippen molar-refractivity contribution in [1.82, 2.24) is 0 Å². The zero-order chi connectivity index (χ0) is 11.8. The van der Waals surface area contributed by atoms with Crippen LogP contribution >= 0.6 is 11.8 Å². The summed E-state index contributed by atoms with van der Waals surface area (Å²) in [7, 11) is -4.67. The van der Waals surface area contributed by atoms with Crippen LogP contribution in [0.2, 0.25) is 0 Å². The summed E-state index contributed by atoms with van der Waals surface area (Å²) in [6.45, 7) is 0. The SMILES string of the molecule is N=C(N)SC=CC(=O)O.O=S(=O)(O)O. The van der Waals surface area contributed by atoms with Crippen molar-refractivity contribution in [2.24, 2.45) is 5.73 Å². The molecule has 0 rings (SSSR count). The summed E-state index contributed by atoms with van der Waals surface area (Å²) in [6, 6.07) is 0. The third-order valence-corrected chi connectivity index (χ3v) is 0.932. The van der Waals surface area contributed by atoms with Crippen molar-refractivity contribution in [3.8, 4) is 0 Å². The molecule has 82 valence electrons. The average Bonchev–Trinajstić information content (AvgIpc) is 1.80. The van der Waals surface area contributed by atoms with E-state index in [9.17, 15) is 4.79 Å². The second-order valence-electron chi connectivity index (χ2n) is 1.57. The standard InChI is InChI=1S/C4H6N2O2S.H2O4S/c5-4(6)9-2-1-3(7)8;1-5(2,3)4/h1-2H,(H3,5,6)(H,7,8);(H2,1,2,3,4). The molecule has 0 radical (unpaired) electrons. The van der Waals surface area contributed by atoms with Gasteiger partial charge in [-0.3, -0.25) is 14.5 Å². The summed E-state index contributed by atoms with van der Waals surface area (Å²) in [6.07, 6.45) is 0.923. The van der Waals surface area contributed by atoms with E-state index in [4.69, 9.17) is 33.8 Å². The average molecular weight is 244 g/mol. The number of hydrogen-bond donors (Lipinski definition) is 5. The first-order valence-electron chi connectivity index (χ1n) is 2.73. The van der Waals surface area contributed by atoms with E-state index in [2.05, 4.69) is 0 Å². The van der Waals surface area contributed by atoms with E-state index < -0.39 is 16.4 Å². The van der Waals surface area contributed by atoms with Crippen LogP contribution < -0.4 is 5.73 Å². The highest BCUT2D eigenvalue weighted by Crippen LogP contribution is 1.97. The van der Waals surface area contributed by atoms with Gasteiger partial charge in [0.05, 0.1) is 0 Å². The third-order valence-electron chi connectivity index (χ3n) is 0.406. The van der Waals surface area contributed by atoms with Gasteiger partial charge in [0.15, 0.2) is 5.17 Å². The molecule has 0 saturated heterocycles. The first kappa shape index (κ1) is 15.4. The quantitative estimate of drug-likeness (QED) is 0.189. The molecule has 8 nitrogen and oxygen atoms in total. The number of nitrogens with one attached hydrogen (secondary N) is 1. The van der Waals surface area contributed by atoms with E-state index in [-0.39, 0.29) is 5.17 Å². The van der Waals surface area contributed by atoms with Crippen LogP contribution in [-0.4, -0.2) is 33.8 Å². The maximum atomic E-state index is 9.77. The molecule has 0 bridgehead atoms. The van der Waals surface area contributed by atoms with E-state index in [1.165, 1.54) is 5.41 Å². The largest absolute Gasteiger partial charge is 0.478 e. The van der Waals surface area contributed by atoms with Crippen molar-refractivity contribution in [2.45, 2.75) is 0 Å². The summed E-state index contributed by atoms with van der Waals surface area (Å²) in [4.78, 5) is 9.77. The van der Waals surface area contributed by atoms with Gasteiger partial charge >= 0.3 is 16.4 Å². The zero-order valence-electron chi connectivity index (χ0n) is 6.61. The smallest absolute Gasteiger partial charge is 0.394 e. The molecule has 0 aromatic rings. The fourth-order valence-electron chi connectivity index (χ4n) is 0.166. The second-order valence-corrected chi connectivity index (χ2v) is 3.41. The Morgan fingerprint density at radius 3 is 2.00 bits per heavy atom. The lowest BCUT2D eigenvalue weighted by Crippen LogP contribution is -2.01. The third kappa shape index (κ3) is 44.5. The molecule has 0 amide bonds. The van der Waals surface area contributed by atoms with Crippen LogP contribution in [0, 0.1) is 5.41 Å². The van der Waals surface area contributed by atoms with Crippen molar-refractivity contribution in [2.75, 3.05) is 0 Å². The van der Waals surface area contributed by atoms with E-state index in [0.717, 1.165) is 17.8 Å². The molecule has 14 heavy (non-hydrogen) atoms. The first-order valence-corrected chi connectivity index (χ1v) is 5.00. The molecule has 0 aromatic heterocycles. The topological polar surface area (TPSA) is 162 Å². The number of amidine groups is 1. The molecule has 0 unspecified atom stereocenters. The fraction of sp³-hybridized carbons (Fsp3) is 0. The van der Waals surface area contributed by atoms with Gasteiger partial charge in [0.1, 0.15) is 0 Å². The number of aliphatic carboxylic acids is 1. The molecule has 10 heteroatoms. The first-order chi connectivity index (χ1) is 6.13. The normalized spacial score (nSPS) is 10.4. The molecule has 0 spiro atoms. The lowest BCUT2D eigenvalue weighted by Gasteiger charge is -1.84. The molecular weight excluding hydrogens is 236 g/mol. The van der Waals surface area contributed by atoms with Gasteiger partial charge in [-0.15, -0.1) is 0 Å². The van der Waals surface area contributed by atoms with Crippen LogP contribution in [0.15, 0.2) is 11.5 Å². The van der Waals surface area contributed by atoms with Crippen molar-refractivity contribution in [3.63, 3.8) is 0 Å². The summed E-state index contributed by atoms with van der Waals surface area (Å²) in [5.41, 5.74) is 4.88. The van der Waals surface area contributed by atoms with Gasteiger partial charge in [0.25, 0.3) is 0 Å². The maximum absolute atomic E-state index is 9.77. The highest BCUT2D eigenvalue weighted by Gasteiger charge is 1.86. The summed E-state index contributed by atoms with van der Waals surface area (Å²) < 4.78 is 31.6. The number of thioether (sulfide) groups is 1. The van der Waals surface area contributed by atoms with E-state index in [1.54, 1.807) is 0 Å². The fourth-order valence-corrected chi connectivity index (χ4v) is 0.497. The molecular formula is C4H8N2O6S2. The Balaban J connectivity index is 0. The molecule has 0 heterocycles. The Hall–Kier alpha value is -1.10. The Morgan fingerprint density at radius 1 is 1.43 bits per heavy atom. The van der Waals surface area contributed by atoms with E-state index in [0.29, 0.717) is 0 Å². The molecule has 6 N–H and O–H groups in total. The molecule has 0 atom stereocenters. The van der Waals surface area contributed by atoms with Crippen LogP contribution in [0.25, 0.3) is 0 Å². The Kier molecular flexibility index (Phi) is 8.04. The van der Waals surface area contributed by atoms with Crippen molar-refractivity contribution in [3.05, 3.63) is 11.5 Å². The summed E-state index contributed by atoms with van der Waals surface area (Å²) >= 11 is 0.859. The minimum atomic E-state index is -4.67. The Morgan fingerprint density at radius 2 is 1.79 bits per heavy atom. The van der Waals surface area contributed by atoms with Gasteiger partial charge in [-0.1, -0.05) is 11.8 Å². The van der Waals surface area contributed by atoms with Gasteiger partial charge in [0.2, 0.25) is 0 Å². The van der Waals surface area contributed by atoms with Crippen molar-refractivity contribution >= 4 is 33.3 Å². The van der Waals surface area contributed by atoms with Crippen LogP contribution in [0.3, 0.4) is 0 Å². The van der Waals surface area contributed by atoms with E-state index in [1.807, 2.05) is 0 Å². The summed E-state index contributed by atoms with van der Waals surface area (Å²) in [5.74, 6) is -1.04. The number of nitrogens with two attached hydrogens (primary N) is 1. The van der Waals surface area contributed by atoms with Gasteiger partial charge < -0.3 is 10.8 Å². The van der Waals surface area contributed by atoms with E-state index >= 15 is 0 Å². The van der Waals surface area contributed by atoms with Gasteiger partial charge in [-0.25, -0.2) is 4.79 Å². The monoisotopic (exact) mass is 244 g/mol.